The number of Topliss-reactive ketones (excluding diaryl/α,β-unsaturated/α-hetero) is 1. The molecular weight excluding hydrogens is 331 g/mol. The van der Waals surface area contributed by atoms with Gasteiger partial charge in [-0.15, -0.1) is 0 Å². The third-order valence-electron chi connectivity index (χ3n) is 5.01. The van der Waals surface area contributed by atoms with Gasteiger partial charge in [0.1, 0.15) is 11.6 Å². The Morgan fingerprint density at radius 2 is 1.92 bits per heavy atom. The number of ether oxygens (including phenoxy) is 1. The zero-order chi connectivity index (χ0) is 18.8. The fraction of sp³-hybridized carbons (Fsp3) is 0.545. The molecule has 1 aliphatic rings. The first-order valence-corrected chi connectivity index (χ1v) is 9.72. The van der Waals surface area contributed by atoms with E-state index in [0.29, 0.717) is 25.2 Å². The van der Waals surface area contributed by atoms with Gasteiger partial charge in [-0.25, -0.2) is 4.39 Å². The lowest BCUT2D eigenvalue weighted by Crippen LogP contribution is -2.13. The number of rotatable bonds is 10. The van der Waals surface area contributed by atoms with Gasteiger partial charge in [0.15, 0.2) is 0 Å². The molecule has 142 valence electrons. The van der Waals surface area contributed by atoms with Crippen LogP contribution in [-0.4, -0.2) is 18.4 Å². The SMILES string of the molecule is CCOC(=O)CCCCCCC1C(=O)CCC1/C=C/c1ccc(F)cc1. The lowest BCUT2D eigenvalue weighted by molar-refractivity contribution is -0.143. The fourth-order valence-electron chi connectivity index (χ4n) is 3.57. The Balaban J connectivity index is 1.72. The van der Waals surface area contributed by atoms with Gasteiger partial charge in [-0.3, -0.25) is 9.59 Å². The summed E-state index contributed by atoms with van der Waals surface area (Å²) < 4.78 is 17.9. The molecule has 0 aliphatic heterocycles. The highest BCUT2D eigenvalue weighted by Gasteiger charge is 2.32. The van der Waals surface area contributed by atoms with E-state index in [1.165, 1.54) is 12.1 Å². The number of ketones is 1. The van der Waals surface area contributed by atoms with Gasteiger partial charge in [-0.1, -0.05) is 43.5 Å². The molecule has 26 heavy (non-hydrogen) atoms. The first-order valence-electron chi connectivity index (χ1n) is 9.72. The minimum atomic E-state index is -0.237. The van der Waals surface area contributed by atoms with Crippen LogP contribution in [0.5, 0.6) is 0 Å². The van der Waals surface area contributed by atoms with Gasteiger partial charge >= 0.3 is 5.97 Å². The lowest BCUT2D eigenvalue weighted by Gasteiger charge is -2.14. The molecule has 1 saturated carbocycles. The Bertz CT molecular complexity index is 606. The average molecular weight is 360 g/mol. The normalized spacial score (nSPS) is 20.0. The van der Waals surface area contributed by atoms with Crippen molar-refractivity contribution in [3.05, 3.63) is 41.7 Å². The molecule has 0 aromatic heterocycles. The van der Waals surface area contributed by atoms with Crippen LogP contribution in [-0.2, 0) is 14.3 Å². The fourth-order valence-corrected chi connectivity index (χ4v) is 3.57. The minimum absolute atomic E-state index is 0.108. The van der Waals surface area contributed by atoms with Gasteiger partial charge in [-0.2, -0.15) is 0 Å². The van der Waals surface area contributed by atoms with E-state index in [9.17, 15) is 14.0 Å². The smallest absolute Gasteiger partial charge is 0.305 e. The number of carbonyl (C=O) groups excluding carboxylic acids is 2. The molecule has 0 amide bonds. The van der Waals surface area contributed by atoms with Crippen molar-refractivity contribution in [1.82, 2.24) is 0 Å². The van der Waals surface area contributed by atoms with E-state index in [2.05, 4.69) is 6.08 Å². The molecule has 1 aromatic rings. The number of allylic oxidation sites excluding steroid dienone is 1. The van der Waals surface area contributed by atoms with Crippen LogP contribution in [0, 0.1) is 17.7 Å². The highest BCUT2D eigenvalue weighted by molar-refractivity contribution is 5.83. The summed E-state index contributed by atoms with van der Waals surface area (Å²) in [6, 6.07) is 6.41. The quantitative estimate of drug-likeness (QED) is 0.418. The first-order chi connectivity index (χ1) is 12.6. The minimum Gasteiger partial charge on any atom is -0.466 e. The van der Waals surface area contributed by atoms with Crippen LogP contribution in [0.15, 0.2) is 30.3 Å². The molecule has 2 unspecified atom stereocenters. The van der Waals surface area contributed by atoms with Gasteiger partial charge < -0.3 is 4.74 Å². The van der Waals surface area contributed by atoms with E-state index in [-0.39, 0.29) is 23.6 Å². The number of benzene rings is 1. The van der Waals surface area contributed by atoms with Crippen LogP contribution in [0.1, 0.15) is 63.9 Å². The van der Waals surface area contributed by atoms with Crippen molar-refractivity contribution in [2.75, 3.05) is 6.61 Å². The van der Waals surface area contributed by atoms with Crippen LogP contribution < -0.4 is 0 Å². The molecule has 0 bridgehead atoms. The molecule has 2 atom stereocenters. The molecule has 0 radical (unpaired) electrons. The molecule has 0 saturated heterocycles. The maximum Gasteiger partial charge on any atom is 0.305 e. The second-order valence-corrected chi connectivity index (χ2v) is 6.94. The summed E-state index contributed by atoms with van der Waals surface area (Å²) in [6.45, 7) is 2.26. The highest BCUT2D eigenvalue weighted by atomic mass is 19.1. The summed E-state index contributed by atoms with van der Waals surface area (Å²) in [7, 11) is 0. The van der Waals surface area contributed by atoms with Crippen molar-refractivity contribution >= 4 is 17.8 Å². The monoisotopic (exact) mass is 360 g/mol. The largest absolute Gasteiger partial charge is 0.466 e. The summed E-state index contributed by atoms with van der Waals surface area (Å²) in [5, 5.41) is 0. The molecular formula is C22H29FO3. The van der Waals surface area contributed by atoms with Crippen LogP contribution in [0.2, 0.25) is 0 Å². The van der Waals surface area contributed by atoms with E-state index in [4.69, 9.17) is 4.74 Å². The Kier molecular flexibility index (Phi) is 8.52. The summed E-state index contributed by atoms with van der Waals surface area (Å²) in [6.07, 6.45) is 11.0. The van der Waals surface area contributed by atoms with Crippen molar-refractivity contribution < 1.29 is 18.7 Å². The third-order valence-corrected chi connectivity index (χ3v) is 5.01. The maximum absolute atomic E-state index is 13.0. The van der Waals surface area contributed by atoms with Crippen molar-refractivity contribution in [1.29, 1.82) is 0 Å². The number of esters is 1. The predicted molar refractivity (Wildman–Crippen MR) is 101 cm³/mol. The molecule has 1 aromatic carbocycles. The Morgan fingerprint density at radius 3 is 2.65 bits per heavy atom. The second kappa shape index (κ2) is 10.9. The average Bonchev–Trinajstić information content (AvgIpc) is 2.98. The first kappa shape index (κ1) is 20.3. The third kappa shape index (κ3) is 6.74. The van der Waals surface area contributed by atoms with Crippen LogP contribution in [0.25, 0.3) is 6.08 Å². The van der Waals surface area contributed by atoms with Gasteiger partial charge in [0, 0.05) is 18.8 Å². The number of hydrogen-bond acceptors (Lipinski definition) is 3. The van der Waals surface area contributed by atoms with Crippen LogP contribution in [0.4, 0.5) is 4.39 Å². The molecule has 4 heteroatoms. The van der Waals surface area contributed by atoms with Crippen LogP contribution >= 0.6 is 0 Å². The summed E-state index contributed by atoms with van der Waals surface area (Å²) in [4.78, 5) is 23.5. The van der Waals surface area contributed by atoms with Crippen molar-refractivity contribution in [2.24, 2.45) is 11.8 Å². The zero-order valence-corrected chi connectivity index (χ0v) is 15.6. The molecule has 2 rings (SSSR count). The van der Waals surface area contributed by atoms with Gasteiger partial charge in [0.25, 0.3) is 0 Å². The topological polar surface area (TPSA) is 43.4 Å². The Hall–Kier alpha value is -1.97. The summed E-state index contributed by atoms with van der Waals surface area (Å²) in [5.74, 6) is 0.401. The number of unbranched alkanes of at least 4 members (excludes halogenated alkanes) is 3. The van der Waals surface area contributed by atoms with Crippen LogP contribution in [0.3, 0.4) is 0 Å². The molecule has 0 heterocycles. The molecule has 0 spiro atoms. The van der Waals surface area contributed by atoms with Gasteiger partial charge in [0.2, 0.25) is 0 Å². The Labute approximate surface area is 155 Å². The molecule has 0 N–H and O–H groups in total. The number of carbonyl (C=O) groups is 2. The van der Waals surface area contributed by atoms with E-state index < -0.39 is 0 Å². The zero-order valence-electron chi connectivity index (χ0n) is 15.6. The second-order valence-electron chi connectivity index (χ2n) is 6.94. The van der Waals surface area contributed by atoms with E-state index >= 15 is 0 Å². The maximum atomic E-state index is 13.0. The predicted octanol–water partition coefficient (Wildman–Crippen LogP) is 5.34. The molecule has 1 fully saturated rings. The Morgan fingerprint density at radius 1 is 1.19 bits per heavy atom. The summed E-state index contributed by atoms with van der Waals surface area (Å²) in [5.41, 5.74) is 0.962. The lowest BCUT2D eigenvalue weighted by atomic mass is 9.89. The number of hydrogen-bond donors (Lipinski definition) is 0. The highest BCUT2D eigenvalue weighted by Crippen LogP contribution is 2.34. The standard InChI is InChI=1S/C22H29FO3/c1-2-26-22(25)8-6-4-3-5-7-20-18(13-16-21(20)24)12-9-17-10-14-19(23)15-11-17/h9-12,14-15,18,20H,2-8,13,16H2,1H3/b12-9+. The van der Waals surface area contributed by atoms with E-state index in [1.54, 1.807) is 12.1 Å². The van der Waals surface area contributed by atoms with Crippen molar-refractivity contribution in [3.8, 4) is 0 Å². The number of halogens is 1. The van der Waals surface area contributed by atoms with Gasteiger partial charge in [-0.05, 0) is 49.8 Å². The molecule has 1 aliphatic carbocycles. The van der Waals surface area contributed by atoms with Gasteiger partial charge in [0.05, 0.1) is 6.61 Å². The molecule has 3 nitrogen and oxygen atoms in total. The van der Waals surface area contributed by atoms with E-state index in [0.717, 1.165) is 44.1 Å². The summed E-state index contributed by atoms with van der Waals surface area (Å²) >= 11 is 0. The van der Waals surface area contributed by atoms with Crippen molar-refractivity contribution in [2.45, 2.75) is 58.3 Å². The van der Waals surface area contributed by atoms with Crippen molar-refractivity contribution in [3.63, 3.8) is 0 Å². The van der Waals surface area contributed by atoms with E-state index in [1.807, 2.05) is 13.0 Å².